The van der Waals surface area contributed by atoms with Crippen LogP contribution in [-0.2, 0) is 9.53 Å². The summed E-state index contributed by atoms with van der Waals surface area (Å²) in [4.78, 5) is 11.7. The number of benzene rings is 1. The van der Waals surface area contributed by atoms with Crippen LogP contribution in [0.3, 0.4) is 0 Å². The smallest absolute Gasteiger partial charge is 0.323 e. The van der Waals surface area contributed by atoms with Gasteiger partial charge in [-0.3, -0.25) is 10.1 Å². The Morgan fingerprint density at radius 2 is 1.89 bits per heavy atom. The van der Waals surface area contributed by atoms with Crippen LogP contribution in [0.5, 0.6) is 0 Å². The maximum atomic E-state index is 12.9. The Bertz CT molecular complexity index is 403. The van der Waals surface area contributed by atoms with Gasteiger partial charge in [0, 0.05) is 6.04 Å². The molecule has 0 saturated carbocycles. The average Bonchev–Trinajstić information content (AvgIpc) is 2.40. The van der Waals surface area contributed by atoms with Crippen molar-refractivity contribution < 1.29 is 13.9 Å². The molecule has 0 aromatic heterocycles. The van der Waals surface area contributed by atoms with Crippen molar-refractivity contribution in [2.45, 2.75) is 39.3 Å². The Morgan fingerprint density at radius 3 is 2.32 bits per heavy atom. The van der Waals surface area contributed by atoms with E-state index in [1.807, 2.05) is 20.8 Å². The predicted molar refractivity (Wildman–Crippen MR) is 73.2 cm³/mol. The third-order valence-corrected chi connectivity index (χ3v) is 3.18. The molecule has 0 spiro atoms. The van der Waals surface area contributed by atoms with Gasteiger partial charge < -0.3 is 4.74 Å². The molecule has 1 rings (SSSR count). The second kappa shape index (κ2) is 7.24. The third-order valence-electron chi connectivity index (χ3n) is 3.18. The predicted octanol–water partition coefficient (Wildman–Crippen LogP) is 3.06. The summed E-state index contributed by atoms with van der Waals surface area (Å²) in [6, 6.07) is 5.99. The van der Waals surface area contributed by atoms with Crippen molar-refractivity contribution in [3.05, 3.63) is 35.6 Å². The normalized spacial score (nSPS) is 14.2. The number of ether oxygens (including phenoxy) is 1. The summed E-state index contributed by atoms with van der Waals surface area (Å²) in [7, 11) is 1.39. The molecule has 0 aliphatic heterocycles. The second-order valence-electron chi connectivity index (χ2n) is 4.92. The van der Waals surface area contributed by atoms with E-state index in [1.54, 1.807) is 12.1 Å². The lowest BCUT2D eigenvalue weighted by atomic mass is 9.99. The quantitative estimate of drug-likeness (QED) is 0.805. The standard InChI is InChI=1S/C15H22FNO2/c1-5-13(11-6-8-12(16)9-7-11)17-14(10(2)3)15(18)19-4/h6-10,13-14,17H,5H2,1-4H3. The summed E-state index contributed by atoms with van der Waals surface area (Å²) in [5, 5.41) is 3.29. The maximum Gasteiger partial charge on any atom is 0.323 e. The first-order valence-electron chi connectivity index (χ1n) is 6.58. The topological polar surface area (TPSA) is 38.3 Å². The average molecular weight is 267 g/mol. The van der Waals surface area contributed by atoms with E-state index in [-0.39, 0.29) is 29.8 Å². The highest BCUT2D eigenvalue weighted by molar-refractivity contribution is 5.76. The molecule has 0 aliphatic carbocycles. The first-order valence-corrected chi connectivity index (χ1v) is 6.58. The zero-order chi connectivity index (χ0) is 14.4. The Hall–Kier alpha value is -1.42. The van der Waals surface area contributed by atoms with Gasteiger partial charge in [0.15, 0.2) is 0 Å². The minimum Gasteiger partial charge on any atom is -0.468 e. The molecule has 0 heterocycles. The number of methoxy groups -OCH3 is 1. The summed E-state index contributed by atoms with van der Waals surface area (Å²) in [5.41, 5.74) is 0.971. The number of nitrogens with one attached hydrogen (secondary N) is 1. The number of hydrogen-bond acceptors (Lipinski definition) is 3. The fraction of sp³-hybridized carbons (Fsp3) is 0.533. The number of hydrogen-bond donors (Lipinski definition) is 1. The largest absolute Gasteiger partial charge is 0.468 e. The van der Waals surface area contributed by atoms with Crippen LogP contribution < -0.4 is 5.32 Å². The van der Waals surface area contributed by atoms with Crippen molar-refractivity contribution in [1.82, 2.24) is 5.32 Å². The van der Waals surface area contributed by atoms with E-state index in [4.69, 9.17) is 4.74 Å². The molecule has 0 fully saturated rings. The van der Waals surface area contributed by atoms with Crippen molar-refractivity contribution in [1.29, 1.82) is 0 Å². The lowest BCUT2D eigenvalue weighted by Crippen LogP contribution is -2.43. The molecule has 1 aromatic rings. The number of carbonyl (C=O) groups excluding carboxylic acids is 1. The van der Waals surface area contributed by atoms with Crippen molar-refractivity contribution in [3.63, 3.8) is 0 Å². The van der Waals surface area contributed by atoms with E-state index in [2.05, 4.69) is 5.32 Å². The molecule has 0 radical (unpaired) electrons. The van der Waals surface area contributed by atoms with Gasteiger partial charge in [0.05, 0.1) is 7.11 Å². The van der Waals surface area contributed by atoms with Gasteiger partial charge in [0.2, 0.25) is 0 Å². The minimum absolute atomic E-state index is 0.00657. The molecule has 19 heavy (non-hydrogen) atoms. The number of esters is 1. The van der Waals surface area contributed by atoms with Gasteiger partial charge in [0.1, 0.15) is 11.9 Å². The van der Waals surface area contributed by atoms with Crippen LogP contribution in [0.1, 0.15) is 38.8 Å². The lowest BCUT2D eigenvalue weighted by Gasteiger charge is -2.26. The van der Waals surface area contributed by atoms with E-state index >= 15 is 0 Å². The fourth-order valence-corrected chi connectivity index (χ4v) is 2.02. The van der Waals surface area contributed by atoms with Crippen molar-refractivity contribution in [3.8, 4) is 0 Å². The Morgan fingerprint density at radius 1 is 1.32 bits per heavy atom. The fourth-order valence-electron chi connectivity index (χ4n) is 2.02. The highest BCUT2D eigenvalue weighted by atomic mass is 19.1. The molecule has 1 aromatic carbocycles. The molecule has 106 valence electrons. The molecule has 1 N–H and O–H groups in total. The number of carbonyl (C=O) groups is 1. The first kappa shape index (κ1) is 15.6. The Labute approximate surface area is 114 Å². The lowest BCUT2D eigenvalue weighted by molar-refractivity contribution is -0.144. The van der Waals surface area contributed by atoms with Gasteiger partial charge in [-0.1, -0.05) is 32.9 Å². The third kappa shape index (κ3) is 4.31. The molecule has 4 heteroatoms. The summed E-state index contributed by atoms with van der Waals surface area (Å²) < 4.78 is 17.7. The zero-order valence-electron chi connectivity index (χ0n) is 11.9. The molecule has 0 bridgehead atoms. The molecule has 0 saturated heterocycles. The SMILES string of the molecule is CCC(NC(C(=O)OC)C(C)C)c1ccc(F)cc1. The van der Waals surface area contributed by atoms with Crippen LogP contribution in [0.15, 0.2) is 24.3 Å². The molecular formula is C15H22FNO2. The van der Waals surface area contributed by atoms with E-state index < -0.39 is 0 Å². The van der Waals surface area contributed by atoms with Crippen molar-refractivity contribution in [2.75, 3.05) is 7.11 Å². The van der Waals surface area contributed by atoms with E-state index in [0.29, 0.717) is 0 Å². The van der Waals surface area contributed by atoms with Gasteiger partial charge in [-0.05, 0) is 30.0 Å². The van der Waals surface area contributed by atoms with Crippen LogP contribution in [0.25, 0.3) is 0 Å². The molecule has 0 amide bonds. The molecular weight excluding hydrogens is 245 g/mol. The van der Waals surface area contributed by atoms with Gasteiger partial charge in [-0.15, -0.1) is 0 Å². The van der Waals surface area contributed by atoms with E-state index in [0.717, 1.165) is 12.0 Å². The van der Waals surface area contributed by atoms with E-state index in [9.17, 15) is 9.18 Å². The van der Waals surface area contributed by atoms with Crippen molar-refractivity contribution in [2.24, 2.45) is 5.92 Å². The van der Waals surface area contributed by atoms with Gasteiger partial charge in [-0.2, -0.15) is 0 Å². The Balaban J connectivity index is 2.85. The number of halogens is 1. The summed E-state index contributed by atoms with van der Waals surface area (Å²) >= 11 is 0. The summed E-state index contributed by atoms with van der Waals surface area (Å²) in [6.07, 6.45) is 0.811. The van der Waals surface area contributed by atoms with Crippen LogP contribution in [0.2, 0.25) is 0 Å². The van der Waals surface area contributed by atoms with Crippen LogP contribution in [0.4, 0.5) is 4.39 Å². The molecule has 2 atom stereocenters. The van der Waals surface area contributed by atoms with Gasteiger partial charge >= 0.3 is 5.97 Å². The highest BCUT2D eigenvalue weighted by Crippen LogP contribution is 2.19. The van der Waals surface area contributed by atoms with Crippen LogP contribution in [-0.4, -0.2) is 19.1 Å². The zero-order valence-corrected chi connectivity index (χ0v) is 11.9. The number of rotatable bonds is 6. The second-order valence-corrected chi connectivity index (χ2v) is 4.92. The highest BCUT2D eigenvalue weighted by Gasteiger charge is 2.25. The summed E-state index contributed by atoms with van der Waals surface area (Å²) in [5.74, 6) is -0.399. The minimum atomic E-state index is -0.361. The first-order chi connectivity index (χ1) is 8.99. The monoisotopic (exact) mass is 267 g/mol. The van der Waals surface area contributed by atoms with Crippen LogP contribution >= 0.6 is 0 Å². The Kier molecular flexibility index (Phi) is 5.96. The summed E-state index contributed by atoms with van der Waals surface area (Å²) in [6.45, 7) is 5.95. The van der Waals surface area contributed by atoms with Gasteiger partial charge in [-0.25, -0.2) is 4.39 Å². The van der Waals surface area contributed by atoms with E-state index in [1.165, 1.54) is 19.2 Å². The maximum absolute atomic E-state index is 12.9. The van der Waals surface area contributed by atoms with Crippen molar-refractivity contribution >= 4 is 5.97 Å². The van der Waals surface area contributed by atoms with Crippen LogP contribution in [0, 0.1) is 11.7 Å². The molecule has 2 unspecified atom stereocenters. The molecule has 3 nitrogen and oxygen atoms in total. The molecule has 0 aliphatic rings. The van der Waals surface area contributed by atoms with Gasteiger partial charge in [0.25, 0.3) is 0 Å².